The van der Waals surface area contributed by atoms with Crippen LogP contribution >= 0.6 is 12.4 Å². The normalized spacial score (nSPS) is 21.8. The minimum Gasteiger partial charge on any atom is -0.339 e. The van der Waals surface area contributed by atoms with Crippen LogP contribution in [0.15, 0.2) is 22.7 Å². The van der Waals surface area contributed by atoms with Gasteiger partial charge < -0.3 is 15.6 Å². The van der Waals surface area contributed by atoms with E-state index in [2.05, 4.69) is 15.5 Å². The number of nitrogens with one attached hydrogen (secondary N) is 1. The molecule has 2 aliphatic rings. The van der Waals surface area contributed by atoms with Crippen molar-refractivity contribution in [2.75, 3.05) is 5.32 Å². The third-order valence-electron chi connectivity index (χ3n) is 4.74. The van der Waals surface area contributed by atoms with Crippen LogP contribution in [0.25, 0.3) is 0 Å². The lowest BCUT2D eigenvalue weighted by atomic mass is 9.90. The number of fused-ring (bicyclic) bond motifs is 1. The zero-order valence-corrected chi connectivity index (χ0v) is 13.7. The van der Waals surface area contributed by atoms with E-state index in [1.165, 1.54) is 12.1 Å². The lowest BCUT2D eigenvalue weighted by molar-refractivity contribution is -0.116. The number of rotatable bonds is 2. The van der Waals surface area contributed by atoms with Gasteiger partial charge in [0.2, 0.25) is 11.8 Å². The molecule has 0 spiro atoms. The Morgan fingerprint density at radius 2 is 2.08 bits per heavy atom. The van der Waals surface area contributed by atoms with Gasteiger partial charge in [0.25, 0.3) is 0 Å². The van der Waals surface area contributed by atoms with E-state index < -0.39 is 11.4 Å². The summed E-state index contributed by atoms with van der Waals surface area (Å²) in [5, 5.41) is 6.72. The topological polar surface area (TPSA) is 94.0 Å². The third-order valence-corrected chi connectivity index (χ3v) is 4.74. The zero-order chi connectivity index (χ0) is 16.0. The van der Waals surface area contributed by atoms with Crippen molar-refractivity contribution in [1.82, 2.24) is 10.1 Å². The van der Waals surface area contributed by atoms with Crippen LogP contribution in [-0.4, -0.2) is 16.0 Å². The van der Waals surface area contributed by atoms with Crippen molar-refractivity contribution in [3.8, 4) is 0 Å². The Bertz CT molecular complexity index is 773. The fourth-order valence-electron chi connectivity index (χ4n) is 3.47. The first-order valence-electron chi connectivity index (χ1n) is 7.77. The van der Waals surface area contributed by atoms with Crippen molar-refractivity contribution in [2.24, 2.45) is 5.73 Å². The third kappa shape index (κ3) is 2.78. The van der Waals surface area contributed by atoms with E-state index in [0.29, 0.717) is 17.4 Å². The average Bonchev–Trinajstić information content (AvgIpc) is 3.15. The highest BCUT2D eigenvalue weighted by molar-refractivity contribution is 5.95. The zero-order valence-electron chi connectivity index (χ0n) is 12.9. The lowest BCUT2D eigenvalue weighted by Gasteiger charge is -2.23. The van der Waals surface area contributed by atoms with E-state index in [1.54, 1.807) is 6.07 Å². The van der Waals surface area contributed by atoms with Crippen LogP contribution in [0, 0.1) is 5.82 Å². The predicted molar refractivity (Wildman–Crippen MR) is 87.4 cm³/mol. The van der Waals surface area contributed by atoms with Gasteiger partial charge in [-0.1, -0.05) is 24.1 Å². The molecule has 0 bridgehead atoms. The second-order valence-electron chi connectivity index (χ2n) is 6.36. The van der Waals surface area contributed by atoms with Crippen molar-refractivity contribution in [1.29, 1.82) is 0 Å². The number of aromatic nitrogens is 2. The molecular formula is C16H18ClFN4O2. The van der Waals surface area contributed by atoms with E-state index >= 15 is 0 Å². The molecule has 24 heavy (non-hydrogen) atoms. The Morgan fingerprint density at radius 1 is 1.33 bits per heavy atom. The molecule has 0 radical (unpaired) electrons. The first kappa shape index (κ1) is 16.9. The molecule has 3 N–H and O–H groups in total. The molecule has 2 aromatic rings. The molecule has 1 amide bonds. The molecule has 2 heterocycles. The van der Waals surface area contributed by atoms with Crippen LogP contribution in [0.2, 0.25) is 0 Å². The van der Waals surface area contributed by atoms with Gasteiger partial charge in [0.1, 0.15) is 5.82 Å². The maximum absolute atomic E-state index is 13.4. The van der Waals surface area contributed by atoms with Gasteiger partial charge in [-0.2, -0.15) is 4.98 Å². The van der Waals surface area contributed by atoms with Crippen LogP contribution in [0.5, 0.6) is 0 Å². The van der Waals surface area contributed by atoms with Crippen LogP contribution in [0.1, 0.15) is 55.3 Å². The van der Waals surface area contributed by atoms with Crippen LogP contribution in [0.3, 0.4) is 0 Å². The van der Waals surface area contributed by atoms with Crippen molar-refractivity contribution in [3.05, 3.63) is 41.3 Å². The number of carbonyl (C=O) groups is 1. The Hall–Kier alpha value is -1.99. The number of benzene rings is 1. The van der Waals surface area contributed by atoms with Gasteiger partial charge in [-0.15, -0.1) is 12.4 Å². The minimum absolute atomic E-state index is 0. The molecule has 128 valence electrons. The maximum Gasteiger partial charge on any atom is 0.234 e. The number of hydrogen-bond acceptors (Lipinski definition) is 5. The molecule has 1 unspecified atom stereocenters. The van der Waals surface area contributed by atoms with Crippen molar-refractivity contribution >= 4 is 24.0 Å². The molecule has 1 saturated carbocycles. The van der Waals surface area contributed by atoms with Gasteiger partial charge in [-0.3, -0.25) is 4.79 Å². The number of carbonyl (C=O) groups excluding carboxylic acids is 1. The monoisotopic (exact) mass is 352 g/mol. The minimum atomic E-state index is -0.537. The number of amides is 1. The summed E-state index contributed by atoms with van der Waals surface area (Å²) in [6.45, 7) is 0. The Morgan fingerprint density at radius 3 is 2.83 bits per heavy atom. The Labute approximate surface area is 144 Å². The van der Waals surface area contributed by atoms with Gasteiger partial charge in [0, 0.05) is 12.1 Å². The molecule has 1 aliphatic heterocycles. The summed E-state index contributed by atoms with van der Waals surface area (Å²) in [6, 6.07) is 4.31. The predicted octanol–water partition coefficient (Wildman–Crippen LogP) is 2.83. The highest BCUT2D eigenvalue weighted by Crippen LogP contribution is 2.39. The smallest absolute Gasteiger partial charge is 0.234 e. The number of hydrogen-bond donors (Lipinski definition) is 2. The molecule has 0 saturated heterocycles. The molecule has 1 aliphatic carbocycles. The van der Waals surface area contributed by atoms with Crippen LogP contribution in [0.4, 0.5) is 10.1 Å². The number of nitrogens with zero attached hydrogens (tertiary/aromatic N) is 2. The standard InChI is InChI=1S/C16H17FN4O2.ClH/c17-9-3-4-10-11(8-13(22)19-12(10)7-9)14-20-15(21-23-14)16(18)5-1-2-6-16;/h3-4,7,11H,1-2,5-6,8,18H2,(H,19,22);1H. The van der Waals surface area contributed by atoms with E-state index in [9.17, 15) is 9.18 Å². The Kier molecular flexibility index (Phi) is 4.31. The van der Waals surface area contributed by atoms with Gasteiger partial charge in [0.15, 0.2) is 5.82 Å². The molecule has 6 nitrogen and oxygen atoms in total. The highest BCUT2D eigenvalue weighted by Gasteiger charge is 2.38. The van der Waals surface area contributed by atoms with Gasteiger partial charge >= 0.3 is 0 Å². The average molecular weight is 353 g/mol. The summed E-state index contributed by atoms with van der Waals surface area (Å²) in [5.41, 5.74) is 7.04. The van der Waals surface area contributed by atoms with Crippen LogP contribution in [-0.2, 0) is 10.3 Å². The lowest BCUT2D eigenvalue weighted by Crippen LogP contribution is -2.34. The molecule has 4 rings (SSSR count). The largest absolute Gasteiger partial charge is 0.339 e. The maximum atomic E-state index is 13.4. The van der Waals surface area contributed by atoms with Crippen LogP contribution < -0.4 is 11.1 Å². The highest BCUT2D eigenvalue weighted by atomic mass is 35.5. The van der Waals surface area contributed by atoms with Gasteiger partial charge in [0.05, 0.1) is 11.5 Å². The first-order valence-corrected chi connectivity index (χ1v) is 7.77. The van der Waals surface area contributed by atoms with E-state index in [-0.39, 0.29) is 30.7 Å². The van der Waals surface area contributed by atoms with Crippen molar-refractivity contribution in [2.45, 2.75) is 43.6 Å². The summed E-state index contributed by atoms with van der Waals surface area (Å²) in [5.74, 6) is -0.108. The summed E-state index contributed by atoms with van der Waals surface area (Å²) in [7, 11) is 0. The van der Waals surface area contributed by atoms with Crippen molar-refractivity contribution < 1.29 is 13.7 Å². The summed E-state index contributed by atoms with van der Waals surface area (Å²) >= 11 is 0. The fourth-order valence-corrected chi connectivity index (χ4v) is 3.47. The van der Waals surface area contributed by atoms with Gasteiger partial charge in [-0.05, 0) is 30.5 Å². The van der Waals surface area contributed by atoms with E-state index in [4.69, 9.17) is 10.3 Å². The van der Waals surface area contributed by atoms with E-state index in [1.807, 2.05) is 0 Å². The quantitative estimate of drug-likeness (QED) is 0.866. The molecule has 1 fully saturated rings. The number of nitrogens with two attached hydrogens (primary N) is 1. The Balaban J connectivity index is 0.00000169. The molecular weight excluding hydrogens is 335 g/mol. The van der Waals surface area contributed by atoms with Crippen molar-refractivity contribution in [3.63, 3.8) is 0 Å². The molecule has 1 aromatic carbocycles. The molecule has 1 atom stereocenters. The summed E-state index contributed by atoms with van der Waals surface area (Å²) in [6.07, 6.45) is 3.96. The van der Waals surface area contributed by atoms with E-state index in [0.717, 1.165) is 31.2 Å². The summed E-state index contributed by atoms with van der Waals surface area (Å²) in [4.78, 5) is 16.4. The van der Waals surface area contributed by atoms with Gasteiger partial charge in [-0.25, -0.2) is 4.39 Å². The second-order valence-corrected chi connectivity index (χ2v) is 6.36. The summed E-state index contributed by atoms with van der Waals surface area (Å²) < 4.78 is 18.8. The number of anilines is 1. The number of halogens is 2. The second kappa shape index (κ2) is 6.14. The fraction of sp³-hybridized carbons (Fsp3) is 0.438. The molecule has 8 heteroatoms. The molecule has 1 aromatic heterocycles. The SMILES string of the molecule is Cl.NC1(c2noc(C3CC(=O)Nc4cc(F)ccc43)n2)CCCC1. The first-order chi connectivity index (χ1) is 11.0.